The van der Waals surface area contributed by atoms with Gasteiger partial charge in [0.15, 0.2) is 0 Å². The van der Waals surface area contributed by atoms with E-state index < -0.39 is 0 Å². The Balaban J connectivity index is 2.29. The molecule has 98 valence electrons. The molecule has 0 aliphatic carbocycles. The van der Waals surface area contributed by atoms with E-state index in [0.29, 0.717) is 10.7 Å². The van der Waals surface area contributed by atoms with Gasteiger partial charge in [-0.2, -0.15) is 0 Å². The average molecular weight is 289 g/mol. The minimum Gasteiger partial charge on any atom is -0.457 e. The average Bonchev–Trinajstić information content (AvgIpc) is 2.41. The number of benzene rings is 2. The van der Waals surface area contributed by atoms with Crippen molar-refractivity contribution in [3.63, 3.8) is 0 Å². The van der Waals surface area contributed by atoms with E-state index in [2.05, 4.69) is 0 Å². The number of hydrogen-bond donors (Lipinski definition) is 1. The predicted molar refractivity (Wildman–Crippen MR) is 85.4 cm³/mol. The Morgan fingerprint density at radius 3 is 2.42 bits per heavy atom. The second kappa shape index (κ2) is 6.08. The normalized spacial score (nSPS) is 10.2. The Labute approximate surface area is 123 Å². The van der Waals surface area contributed by atoms with Crippen LogP contribution < -0.4 is 10.5 Å². The van der Waals surface area contributed by atoms with E-state index in [4.69, 9.17) is 22.7 Å². The number of rotatable bonds is 4. The van der Waals surface area contributed by atoms with Gasteiger partial charge in [-0.3, -0.25) is 0 Å². The van der Waals surface area contributed by atoms with Crippen molar-refractivity contribution in [2.24, 2.45) is 5.73 Å². The third-order valence-corrected chi connectivity index (χ3v) is 3.65. The molecule has 2 nitrogen and oxygen atoms in total. The van der Waals surface area contributed by atoms with Crippen LogP contribution in [0.25, 0.3) is 0 Å². The predicted octanol–water partition coefficient (Wildman–Crippen LogP) is 4.14. The van der Waals surface area contributed by atoms with E-state index in [1.807, 2.05) is 55.6 Å². The molecule has 2 aromatic carbocycles. The Bertz CT molecular complexity index is 594. The van der Waals surface area contributed by atoms with Gasteiger partial charge in [0.2, 0.25) is 0 Å². The number of hydrogen-bond acceptors (Lipinski definition) is 3. The summed E-state index contributed by atoms with van der Waals surface area (Å²) < 4.78 is 5.85. The highest BCUT2D eigenvalue weighted by Crippen LogP contribution is 2.27. The molecule has 2 aromatic rings. The Morgan fingerprint density at radius 2 is 1.84 bits per heavy atom. The summed E-state index contributed by atoms with van der Waals surface area (Å²) in [7, 11) is 0. The summed E-state index contributed by atoms with van der Waals surface area (Å²) in [5.74, 6) is 1.47. The van der Waals surface area contributed by atoms with Gasteiger partial charge in [-0.25, -0.2) is 0 Å². The van der Waals surface area contributed by atoms with Crippen molar-refractivity contribution >= 4 is 29.0 Å². The fourth-order valence-electron chi connectivity index (χ4n) is 1.70. The lowest BCUT2D eigenvalue weighted by molar-refractivity contribution is 0.481. The van der Waals surface area contributed by atoms with Gasteiger partial charge in [0.05, 0.1) is 5.56 Å². The van der Waals surface area contributed by atoms with E-state index in [-0.39, 0.29) is 0 Å². The summed E-state index contributed by atoms with van der Waals surface area (Å²) in [4.78, 5) is 1.55. The van der Waals surface area contributed by atoms with Crippen LogP contribution in [-0.2, 0) is 0 Å². The van der Waals surface area contributed by atoms with Crippen LogP contribution >= 0.6 is 24.0 Å². The molecule has 0 fully saturated rings. The molecule has 0 atom stereocenters. The molecule has 0 amide bonds. The minimum atomic E-state index is 0.347. The molecule has 0 spiro atoms. The van der Waals surface area contributed by atoms with Crippen LogP contribution in [0.1, 0.15) is 11.1 Å². The maximum absolute atomic E-state index is 5.85. The van der Waals surface area contributed by atoms with Crippen molar-refractivity contribution in [1.82, 2.24) is 0 Å². The van der Waals surface area contributed by atoms with Crippen LogP contribution in [0, 0.1) is 6.92 Å². The molecule has 2 N–H and O–H groups in total. The summed E-state index contributed by atoms with van der Waals surface area (Å²) in [6.45, 7) is 2.00. The molecule has 0 saturated heterocycles. The van der Waals surface area contributed by atoms with Crippen LogP contribution in [0.2, 0.25) is 0 Å². The largest absolute Gasteiger partial charge is 0.457 e. The van der Waals surface area contributed by atoms with Crippen LogP contribution in [0.5, 0.6) is 11.5 Å². The third-order valence-electron chi connectivity index (χ3n) is 2.69. The summed E-state index contributed by atoms with van der Waals surface area (Å²) in [6, 6.07) is 13.7. The molecule has 0 saturated carbocycles. The van der Waals surface area contributed by atoms with Gasteiger partial charge in [0.25, 0.3) is 0 Å². The Morgan fingerprint density at radius 1 is 1.16 bits per heavy atom. The lowest BCUT2D eigenvalue weighted by Crippen LogP contribution is -2.11. The first kappa shape index (κ1) is 13.9. The van der Waals surface area contributed by atoms with Crippen molar-refractivity contribution in [2.75, 3.05) is 6.26 Å². The zero-order valence-electron chi connectivity index (χ0n) is 10.8. The Kier molecular flexibility index (Phi) is 4.45. The summed E-state index contributed by atoms with van der Waals surface area (Å²) >= 11 is 6.76. The fraction of sp³-hybridized carbons (Fsp3) is 0.133. The van der Waals surface area contributed by atoms with Gasteiger partial charge in [0, 0.05) is 4.90 Å². The maximum atomic E-state index is 5.85. The zero-order valence-corrected chi connectivity index (χ0v) is 12.5. The second-order valence-electron chi connectivity index (χ2n) is 4.14. The molecule has 0 bridgehead atoms. The van der Waals surface area contributed by atoms with E-state index in [0.717, 1.165) is 16.9 Å². The molecule has 0 aromatic heterocycles. The van der Waals surface area contributed by atoms with E-state index in [1.165, 1.54) is 4.90 Å². The van der Waals surface area contributed by atoms with Crippen LogP contribution in [0.4, 0.5) is 0 Å². The summed E-state index contributed by atoms with van der Waals surface area (Å²) in [5.41, 5.74) is 7.60. The van der Waals surface area contributed by atoms with E-state index in [9.17, 15) is 0 Å². The van der Waals surface area contributed by atoms with E-state index >= 15 is 0 Å². The first-order valence-electron chi connectivity index (χ1n) is 5.82. The standard InChI is InChI=1S/C15H15NOS2/c1-10-3-8-14(13(9-10)15(16)18)17-11-4-6-12(19-2)7-5-11/h3-9H,1-2H3,(H2,16,18). The highest BCUT2D eigenvalue weighted by atomic mass is 32.2. The molecule has 0 unspecified atom stereocenters. The third kappa shape index (κ3) is 3.49. The van der Waals surface area contributed by atoms with Crippen LogP contribution in [-0.4, -0.2) is 11.2 Å². The van der Waals surface area contributed by atoms with Crippen LogP contribution in [0.3, 0.4) is 0 Å². The molecule has 0 aliphatic heterocycles. The topological polar surface area (TPSA) is 35.2 Å². The quantitative estimate of drug-likeness (QED) is 0.677. The van der Waals surface area contributed by atoms with Gasteiger partial charge < -0.3 is 10.5 Å². The molecule has 4 heteroatoms. The minimum absolute atomic E-state index is 0.347. The van der Waals surface area contributed by atoms with Gasteiger partial charge in [0.1, 0.15) is 16.5 Å². The second-order valence-corrected chi connectivity index (χ2v) is 5.46. The molecule has 19 heavy (non-hydrogen) atoms. The lowest BCUT2D eigenvalue weighted by atomic mass is 10.1. The number of nitrogens with two attached hydrogens (primary N) is 1. The number of thiocarbonyl (C=S) groups is 1. The molecule has 0 radical (unpaired) electrons. The van der Waals surface area contributed by atoms with Crippen molar-refractivity contribution in [3.05, 3.63) is 53.6 Å². The van der Waals surface area contributed by atoms with Gasteiger partial charge in [-0.05, 0) is 49.6 Å². The summed E-state index contributed by atoms with van der Waals surface area (Å²) in [5, 5.41) is 0. The highest BCUT2D eigenvalue weighted by molar-refractivity contribution is 7.98. The van der Waals surface area contributed by atoms with Gasteiger partial charge >= 0.3 is 0 Å². The SMILES string of the molecule is CSc1ccc(Oc2ccc(C)cc2C(N)=S)cc1. The van der Waals surface area contributed by atoms with Gasteiger partial charge in [-0.15, -0.1) is 11.8 Å². The molecule has 0 aliphatic rings. The maximum Gasteiger partial charge on any atom is 0.137 e. The Hall–Kier alpha value is -1.52. The first-order valence-corrected chi connectivity index (χ1v) is 7.46. The monoisotopic (exact) mass is 289 g/mol. The van der Waals surface area contributed by atoms with Gasteiger partial charge in [-0.1, -0.05) is 23.8 Å². The number of ether oxygens (including phenoxy) is 1. The first-order chi connectivity index (χ1) is 9.10. The van der Waals surface area contributed by atoms with Crippen molar-refractivity contribution in [1.29, 1.82) is 0 Å². The van der Waals surface area contributed by atoms with Crippen LogP contribution in [0.15, 0.2) is 47.4 Å². The number of aryl methyl sites for hydroxylation is 1. The van der Waals surface area contributed by atoms with Crippen molar-refractivity contribution in [2.45, 2.75) is 11.8 Å². The van der Waals surface area contributed by atoms with Crippen molar-refractivity contribution < 1.29 is 4.74 Å². The molecular formula is C15H15NOS2. The number of thioether (sulfide) groups is 1. The zero-order chi connectivity index (χ0) is 13.8. The van der Waals surface area contributed by atoms with E-state index in [1.54, 1.807) is 11.8 Å². The molecular weight excluding hydrogens is 274 g/mol. The molecule has 2 rings (SSSR count). The molecule has 0 heterocycles. The lowest BCUT2D eigenvalue weighted by Gasteiger charge is -2.11. The van der Waals surface area contributed by atoms with Crippen molar-refractivity contribution in [3.8, 4) is 11.5 Å². The fourth-order valence-corrected chi connectivity index (χ4v) is 2.26. The highest BCUT2D eigenvalue weighted by Gasteiger charge is 2.08. The summed E-state index contributed by atoms with van der Waals surface area (Å²) in [6.07, 6.45) is 2.04. The smallest absolute Gasteiger partial charge is 0.137 e.